The summed E-state index contributed by atoms with van der Waals surface area (Å²) in [5.74, 6) is 2.74. The third-order valence-electron chi connectivity index (χ3n) is 13.4. The molecule has 11 rings (SSSR count). The highest BCUT2D eigenvalue weighted by molar-refractivity contribution is 9.10. The molecule has 4 fully saturated rings. The average molecular weight is 691 g/mol. The van der Waals surface area contributed by atoms with E-state index in [0.717, 1.165) is 17.8 Å². The second-order valence-corrected chi connectivity index (χ2v) is 17.9. The first-order chi connectivity index (χ1) is 23.1. The van der Waals surface area contributed by atoms with E-state index in [1.807, 2.05) is 0 Å². The van der Waals surface area contributed by atoms with Crippen LogP contribution in [0.4, 0.5) is 17.1 Å². The largest absolute Gasteiger partial charge is 0.310 e. The summed E-state index contributed by atoms with van der Waals surface area (Å²) in [6, 6.07) is 39.9. The van der Waals surface area contributed by atoms with Gasteiger partial charge in [-0.25, -0.2) is 0 Å². The lowest BCUT2D eigenvalue weighted by molar-refractivity contribution is -0.00519. The first-order valence-corrected chi connectivity index (χ1v) is 19.0. The molecule has 6 aliphatic carbocycles. The summed E-state index contributed by atoms with van der Waals surface area (Å²) in [6.07, 6.45) is 8.49. The van der Waals surface area contributed by atoms with Crippen molar-refractivity contribution in [2.24, 2.45) is 17.8 Å². The summed E-state index contributed by atoms with van der Waals surface area (Å²) in [5.41, 5.74) is 16.6. The molecule has 6 aliphatic rings. The summed E-state index contributed by atoms with van der Waals surface area (Å²) < 4.78 is 1.19. The number of rotatable bonds is 4. The van der Waals surface area contributed by atoms with Crippen molar-refractivity contribution in [3.05, 3.63) is 135 Å². The fourth-order valence-electron chi connectivity index (χ4n) is 11.6. The summed E-state index contributed by atoms with van der Waals surface area (Å²) in [4.78, 5) is 2.56. The Morgan fingerprint density at radius 2 is 0.958 bits per heavy atom. The molecule has 0 unspecified atom stereocenters. The summed E-state index contributed by atoms with van der Waals surface area (Å²) >= 11 is 4.05. The van der Waals surface area contributed by atoms with Gasteiger partial charge in [-0.05, 0) is 154 Å². The average Bonchev–Trinajstić information content (AvgIpc) is 3.43. The molecule has 0 atom stereocenters. The minimum absolute atomic E-state index is 0.0587. The second-order valence-electron chi connectivity index (χ2n) is 17.0. The van der Waals surface area contributed by atoms with Crippen LogP contribution < -0.4 is 4.90 Å². The van der Waals surface area contributed by atoms with E-state index in [0.29, 0.717) is 5.41 Å². The zero-order chi connectivity index (χ0) is 32.6. The molecular weight excluding hydrogens is 646 g/mol. The van der Waals surface area contributed by atoms with Crippen LogP contribution in [0.25, 0.3) is 22.3 Å². The van der Waals surface area contributed by atoms with Gasteiger partial charge in [0.15, 0.2) is 0 Å². The highest BCUT2D eigenvalue weighted by Crippen LogP contribution is 2.61. The lowest BCUT2D eigenvalue weighted by Gasteiger charge is -2.57. The van der Waals surface area contributed by atoms with E-state index in [9.17, 15) is 0 Å². The SMILES string of the molecule is CC1(C)c2ccccc2-c2ccc(N(c3cc(Br)cc(C45CC6CC(CC(C6)C4)C5)c3)c3ccc4c(c3)C(C)(C)c3ccccc3-4)cc21. The smallest absolute Gasteiger partial charge is 0.0475 e. The van der Waals surface area contributed by atoms with Gasteiger partial charge in [0.25, 0.3) is 0 Å². The Morgan fingerprint density at radius 1 is 0.500 bits per heavy atom. The molecule has 240 valence electrons. The maximum Gasteiger partial charge on any atom is 0.0475 e. The highest BCUT2D eigenvalue weighted by Gasteiger charge is 2.52. The van der Waals surface area contributed by atoms with Gasteiger partial charge >= 0.3 is 0 Å². The van der Waals surface area contributed by atoms with Crippen molar-refractivity contribution in [1.29, 1.82) is 0 Å². The zero-order valence-electron chi connectivity index (χ0n) is 28.6. The molecule has 5 aromatic carbocycles. The van der Waals surface area contributed by atoms with Gasteiger partial charge in [0.2, 0.25) is 0 Å². The van der Waals surface area contributed by atoms with E-state index in [4.69, 9.17) is 0 Å². The summed E-state index contributed by atoms with van der Waals surface area (Å²) in [6.45, 7) is 9.58. The topological polar surface area (TPSA) is 3.24 Å². The van der Waals surface area contributed by atoms with E-state index in [2.05, 4.69) is 152 Å². The third-order valence-corrected chi connectivity index (χ3v) is 13.9. The molecule has 0 amide bonds. The predicted octanol–water partition coefficient (Wildman–Crippen LogP) is 13.0. The van der Waals surface area contributed by atoms with Gasteiger partial charge in [-0.1, -0.05) is 104 Å². The van der Waals surface area contributed by atoms with Crippen molar-refractivity contribution in [3.8, 4) is 22.3 Å². The molecule has 0 heterocycles. The zero-order valence-corrected chi connectivity index (χ0v) is 30.2. The van der Waals surface area contributed by atoms with Crippen molar-refractivity contribution in [2.45, 2.75) is 82.5 Å². The number of hydrogen-bond acceptors (Lipinski definition) is 1. The highest BCUT2D eigenvalue weighted by atomic mass is 79.9. The summed E-state index contributed by atoms with van der Waals surface area (Å²) in [5, 5.41) is 0. The molecule has 0 N–H and O–H groups in total. The molecule has 4 bridgehead atoms. The van der Waals surface area contributed by atoms with Gasteiger partial charge in [0.1, 0.15) is 0 Å². The van der Waals surface area contributed by atoms with Crippen LogP contribution in [-0.2, 0) is 16.2 Å². The first kappa shape index (κ1) is 29.3. The minimum Gasteiger partial charge on any atom is -0.310 e. The van der Waals surface area contributed by atoms with E-state index >= 15 is 0 Å². The van der Waals surface area contributed by atoms with E-state index < -0.39 is 0 Å². The Balaban J connectivity index is 1.16. The van der Waals surface area contributed by atoms with Crippen molar-refractivity contribution >= 4 is 33.0 Å². The fourth-order valence-corrected chi connectivity index (χ4v) is 12.1. The molecule has 0 aromatic heterocycles. The molecule has 0 aliphatic heterocycles. The van der Waals surface area contributed by atoms with Crippen LogP contribution in [0.5, 0.6) is 0 Å². The van der Waals surface area contributed by atoms with Crippen LogP contribution in [0.3, 0.4) is 0 Å². The maximum atomic E-state index is 4.05. The normalized spacial score (nSPS) is 26.1. The van der Waals surface area contributed by atoms with Crippen LogP contribution in [0.2, 0.25) is 0 Å². The van der Waals surface area contributed by atoms with Crippen LogP contribution in [0.15, 0.2) is 108 Å². The molecule has 2 heteroatoms. The second kappa shape index (κ2) is 9.97. The number of fused-ring (bicyclic) bond motifs is 6. The van der Waals surface area contributed by atoms with Gasteiger partial charge in [-0.2, -0.15) is 0 Å². The number of halogens is 1. The van der Waals surface area contributed by atoms with Crippen molar-refractivity contribution in [1.82, 2.24) is 0 Å². The number of hydrogen-bond donors (Lipinski definition) is 0. The van der Waals surface area contributed by atoms with Crippen molar-refractivity contribution in [2.75, 3.05) is 4.90 Å². The number of benzene rings is 5. The number of anilines is 3. The molecular formula is C46H44BrN. The monoisotopic (exact) mass is 689 g/mol. The van der Waals surface area contributed by atoms with Crippen LogP contribution in [0.1, 0.15) is 94.0 Å². The quantitative estimate of drug-likeness (QED) is 0.181. The van der Waals surface area contributed by atoms with Gasteiger partial charge in [0.05, 0.1) is 0 Å². The van der Waals surface area contributed by atoms with E-state index in [1.165, 1.54) is 105 Å². The van der Waals surface area contributed by atoms with Crippen molar-refractivity contribution < 1.29 is 0 Å². The maximum absolute atomic E-state index is 4.05. The lowest BCUT2D eigenvalue weighted by Crippen LogP contribution is -2.48. The van der Waals surface area contributed by atoms with E-state index in [-0.39, 0.29) is 10.8 Å². The molecule has 4 saturated carbocycles. The Bertz CT molecular complexity index is 2010. The van der Waals surface area contributed by atoms with Gasteiger partial charge in [-0.3, -0.25) is 0 Å². The molecule has 0 spiro atoms. The Hall–Kier alpha value is -3.62. The lowest BCUT2D eigenvalue weighted by atomic mass is 9.48. The van der Waals surface area contributed by atoms with Crippen LogP contribution in [-0.4, -0.2) is 0 Å². The standard InChI is InChI=1S/C46H44BrN/c1-44(2)40-11-7-5-9-36(40)38-15-13-33(23-42(38)44)48(34-14-16-39-37-10-6-8-12-41(37)45(3,4)43(39)24-34)35-21-31(20-32(47)22-35)46-25-28-17-29(26-46)19-30(18-28)27-46/h5-16,20-24,28-30H,17-19,25-27H2,1-4H3. The summed E-state index contributed by atoms with van der Waals surface area (Å²) in [7, 11) is 0. The molecule has 5 aromatic rings. The first-order valence-electron chi connectivity index (χ1n) is 18.2. The minimum atomic E-state index is -0.0587. The van der Waals surface area contributed by atoms with Gasteiger partial charge in [0, 0.05) is 32.4 Å². The number of nitrogens with zero attached hydrogens (tertiary/aromatic N) is 1. The molecule has 48 heavy (non-hydrogen) atoms. The van der Waals surface area contributed by atoms with Gasteiger partial charge < -0.3 is 4.90 Å². The van der Waals surface area contributed by atoms with Gasteiger partial charge in [-0.15, -0.1) is 0 Å². The Labute approximate surface area is 294 Å². The molecule has 1 nitrogen and oxygen atoms in total. The molecule has 0 saturated heterocycles. The third kappa shape index (κ3) is 4.08. The predicted molar refractivity (Wildman–Crippen MR) is 204 cm³/mol. The molecule has 0 radical (unpaired) electrons. The Morgan fingerprint density at radius 3 is 1.46 bits per heavy atom. The van der Waals surface area contributed by atoms with Crippen LogP contribution in [0, 0.1) is 17.8 Å². The van der Waals surface area contributed by atoms with E-state index in [1.54, 1.807) is 5.56 Å². The van der Waals surface area contributed by atoms with Crippen molar-refractivity contribution in [3.63, 3.8) is 0 Å². The Kier molecular flexibility index (Phi) is 6.09. The van der Waals surface area contributed by atoms with Crippen LogP contribution >= 0.6 is 15.9 Å². The fraction of sp³-hybridized carbons (Fsp3) is 0.348.